The number of rotatable bonds is 6. The molecule has 0 aliphatic carbocycles. The number of thioether (sulfide) groups is 2. The van der Waals surface area contributed by atoms with Gasteiger partial charge in [0.2, 0.25) is 0 Å². The van der Waals surface area contributed by atoms with E-state index in [9.17, 15) is 10.1 Å². The van der Waals surface area contributed by atoms with E-state index < -0.39 is 0 Å². The van der Waals surface area contributed by atoms with Crippen molar-refractivity contribution in [2.45, 2.75) is 26.4 Å². The number of carbonyl (C=O) groups excluding carboxylic acids is 1. The quantitative estimate of drug-likeness (QED) is 0.636. The first-order chi connectivity index (χ1) is 14.0. The summed E-state index contributed by atoms with van der Waals surface area (Å²) < 4.78 is 0. The molecular formula is C22H22N4OS2. The molecule has 5 nitrogen and oxygen atoms in total. The second-order valence-corrected chi connectivity index (χ2v) is 8.45. The molecule has 1 aliphatic rings. The Morgan fingerprint density at radius 1 is 1.28 bits per heavy atom. The van der Waals surface area contributed by atoms with Crippen LogP contribution in [0.25, 0.3) is 0 Å². The summed E-state index contributed by atoms with van der Waals surface area (Å²) in [6.45, 7) is 4.54. The topological polar surface area (TPSA) is 68.5 Å². The second kappa shape index (κ2) is 9.68. The summed E-state index contributed by atoms with van der Waals surface area (Å²) in [7, 11) is 0. The monoisotopic (exact) mass is 422 g/mol. The maximum Gasteiger partial charge on any atom is 0.267 e. The molecule has 2 aromatic rings. The first-order valence-corrected chi connectivity index (χ1v) is 11.3. The number of amidine groups is 1. The van der Waals surface area contributed by atoms with Gasteiger partial charge in [0.05, 0.1) is 34.5 Å². The molecule has 0 unspecified atom stereocenters. The van der Waals surface area contributed by atoms with E-state index >= 15 is 0 Å². The van der Waals surface area contributed by atoms with Crippen LogP contribution in [0, 0.1) is 11.3 Å². The minimum absolute atomic E-state index is 0.0539. The van der Waals surface area contributed by atoms with E-state index in [1.54, 1.807) is 17.0 Å². The summed E-state index contributed by atoms with van der Waals surface area (Å²) in [6, 6.07) is 17.6. The van der Waals surface area contributed by atoms with Gasteiger partial charge in [-0.1, -0.05) is 30.3 Å². The van der Waals surface area contributed by atoms with Gasteiger partial charge in [0.25, 0.3) is 5.91 Å². The summed E-state index contributed by atoms with van der Waals surface area (Å²) in [5.74, 6) is -0.0539. The summed E-state index contributed by atoms with van der Waals surface area (Å²) in [5.41, 5.74) is 3.05. The first kappa shape index (κ1) is 21.0. The number of nitrogens with one attached hydrogen (secondary N) is 1. The summed E-state index contributed by atoms with van der Waals surface area (Å²) in [6.07, 6.45) is 1.93. The number of carbonyl (C=O) groups is 1. The number of amides is 1. The van der Waals surface area contributed by atoms with Crippen LogP contribution < -0.4 is 5.32 Å². The Balaban J connectivity index is 2.03. The lowest BCUT2D eigenvalue weighted by Gasteiger charge is -2.17. The molecule has 0 saturated carbocycles. The van der Waals surface area contributed by atoms with Gasteiger partial charge in [-0.3, -0.25) is 9.69 Å². The van der Waals surface area contributed by atoms with E-state index in [4.69, 9.17) is 4.99 Å². The fourth-order valence-electron chi connectivity index (χ4n) is 2.82. The first-order valence-electron chi connectivity index (χ1n) is 9.17. The molecule has 0 aromatic heterocycles. The maximum absolute atomic E-state index is 13.0. The van der Waals surface area contributed by atoms with Crippen molar-refractivity contribution < 1.29 is 4.79 Å². The van der Waals surface area contributed by atoms with E-state index in [1.807, 2.05) is 61.9 Å². The second-order valence-electron chi connectivity index (χ2n) is 6.73. The highest BCUT2D eigenvalue weighted by atomic mass is 32.2. The van der Waals surface area contributed by atoms with Gasteiger partial charge in [-0.2, -0.15) is 5.26 Å². The van der Waals surface area contributed by atoms with Crippen LogP contribution in [0.15, 0.2) is 63.8 Å². The number of nitriles is 1. The van der Waals surface area contributed by atoms with E-state index in [0.29, 0.717) is 27.9 Å². The molecule has 2 aromatic carbocycles. The largest absolute Gasteiger partial charge is 0.381 e. The molecule has 0 radical (unpaired) electrons. The number of hydrogen-bond acceptors (Lipinski definition) is 6. The van der Waals surface area contributed by atoms with Gasteiger partial charge < -0.3 is 5.32 Å². The third kappa shape index (κ3) is 5.22. The van der Waals surface area contributed by atoms with Crippen LogP contribution in [0.3, 0.4) is 0 Å². The highest BCUT2D eigenvalue weighted by molar-refractivity contribution is 8.19. The molecule has 7 heteroatoms. The fourth-order valence-corrected chi connectivity index (χ4v) is 4.41. The predicted octanol–water partition coefficient (Wildman–Crippen LogP) is 5.35. The molecule has 1 N–H and O–H groups in total. The third-order valence-corrected chi connectivity index (χ3v) is 5.71. The predicted molar refractivity (Wildman–Crippen MR) is 123 cm³/mol. The molecule has 1 heterocycles. The molecule has 148 valence electrons. The minimum Gasteiger partial charge on any atom is -0.381 e. The average molecular weight is 423 g/mol. The third-order valence-electron chi connectivity index (χ3n) is 4.08. The summed E-state index contributed by atoms with van der Waals surface area (Å²) in [4.78, 5) is 20.1. The van der Waals surface area contributed by atoms with Crippen molar-refractivity contribution in [2.75, 3.05) is 11.6 Å². The Morgan fingerprint density at radius 3 is 2.69 bits per heavy atom. The molecule has 0 spiro atoms. The number of nitrogens with zero attached hydrogens (tertiary/aromatic N) is 3. The molecule has 0 bridgehead atoms. The fraction of sp³-hybridized carbons (Fsp3) is 0.227. The van der Waals surface area contributed by atoms with Crippen molar-refractivity contribution >= 4 is 46.0 Å². The van der Waals surface area contributed by atoms with Crippen molar-refractivity contribution in [3.8, 4) is 6.07 Å². The molecule has 3 rings (SSSR count). The van der Waals surface area contributed by atoms with Crippen molar-refractivity contribution in [3.05, 3.63) is 70.0 Å². The Kier molecular flexibility index (Phi) is 7.02. The molecule has 29 heavy (non-hydrogen) atoms. The van der Waals surface area contributed by atoms with Crippen molar-refractivity contribution in [3.63, 3.8) is 0 Å². The minimum atomic E-state index is -0.0539. The van der Waals surface area contributed by atoms with Crippen LogP contribution in [-0.4, -0.2) is 28.3 Å². The lowest BCUT2D eigenvalue weighted by molar-refractivity contribution is -0.122. The normalized spacial score (nSPS) is 16.7. The Bertz CT molecular complexity index is 994. The van der Waals surface area contributed by atoms with Crippen LogP contribution in [0.2, 0.25) is 0 Å². The zero-order valence-electron chi connectivity index (χ0n) is 16.5. The van der Waals surface area contributed by atoms with Gasteiger partial charge in [-0.05, 0) is 61.0 Å². The Labute approximate surface area is 179 Å². The van der Waals surface area contributed by atoms with Gasteiger partial charge in [0.15, 0.2) is 5.17 Å². The highest BCUT2D eigenvalue weighted by Gasteiger charge is 2.33. The van der Waals surface area contributed by atoms with E-state index in [1.165, 1.54) is 23.5 Å². The number of anilines is 1. The van der Waals surface area contributed by atoms with Crippen LogP contribution >= 0.6 is 23.5 Å². The lowest BCUT2D eigenvalue weighted by atomic mass is 10.1. The van der Waals surface area contributed by atoms with Crippen molar-refractivity contribution in [1.82, 2.24) is 4.90 Å². The van der Waals surface area contributed by atoms with Crippen LogP contribution in [-0.2, 0) is 11.3 Å². The highest BCUT2D eigenvalue weighted by Crippen LogP contribution is 2.37. The molecule has 1 amide bonds. The van der Waals surface area contributed by atoms with Crippen LogP contribution in [0.5, 0.6) is 0 Å². The number of hydrogen-bond donors (Lipinski definition) is 1. The molecule has 1 aliphatic heterocycles. The summed E-state index contributed by atoms with van der Waals surface area (Å²) >= 11 is 2.86. The Morgan fingerprint density at radius 2 is 2.03 bits per heavy atom. The zero-order valence-corrected chi connectivity index (χ0v) is 18.2. The SMILES string of the molecule is CS/C=C1\SC(=Nc2cc(C#N)ccc2NC(C)C)N(Cc2ccccc2)C1=O. The van der Waals surface area contributed by atoms with Gasteiger partial charge in [0.1, 0.15) is 0 Å². The van der Waals surface area contributed by atoms with Crippen molar-refractivity contribution in [1.29, 1.82) is 5.26 Å². The smallest absolute Gasteiger partial charge is 0.267 e. The lowest BCUT2D eigenvalue weighted by Crippen LogP contribution is -2.28. The maximum atomic E-state index is 13.0. The van der Waals surface area contributed by atoms with Gasteiger partial charge in [-0.15, -0.1) is 11.8 Å². The standard InChI is InChI=1S/C22H22N4OS2/c1-15(2)24-18-10-9-17(12-23)11-19(18)25-22-26(13-16-7-5-4-6-8-16)21(27)20(29-22)14-28-3/h4-11,14-15,24H,13H2,1-3H3/b20-14-,25-22?. The molecule has 1 fully saturated rings. The molecule has 0 atom stereocenters. The number of aliphatic imine (C=N–C) groups is 1. The van der Waals surface area contributed by atoms with Crippen LogP contribution in [0.1, 0.15) is 25.0 Å². The zero-order chi connectivity index (χ0) is 20.8. The van der Waals surface area contributed by atoms with Crippen molar-refractivity contribution in [2.24, 2.45) is 4.99 Å². The van der Waals surface area contributed by atoms with Crippen LogP contribution in [0.4, 0.5) is 11.4 Å². The average Bonchev–Trinajstić information content (AvgIpc) is 2.99. The Hall–Kier alpha value is -2.69. The van der Waals surface area contributed by atoms with Gasteiger partial charge >= 0.3 is 0 Å². The van der Waals surface area contributed by atoms with Gasteiger partial charge in [-0.25, -0.2) is 4.99 Å². The molecular weight excluding hydrogens is 400 g/mol. The van der Waals surface area contributed by atoms with Gasteiger partial charge in [0, 0.05) is 6.04 Å². The molecule has 1 saturated heterocycles. The van der Waals surface area contributed by atoms with E-state index in [0.717, 1.165) is 11.3 Å². The van der Waals surface area contributed by atoms with E-state index in [-0.39, 0.29) is 11.9 Å². The summed E-state index contributed by atoms with van der Waals surface area (Å²) in [5, 5.41) is 15.1. The number of benzene rings is 2. The van der Waals surface area contributed by atoms with E-state index in [2.05, 4.69) is 11.4 Å².